The third-order valence-corrected chi connectivity index (χ3v) is 7.37. The minimum absolute atomic E-state index is 0.0902. The zero-order valence-corrected chi connectivity index (χ0v) is 20.8. The number of fused-ring (bicyclic) bond motifs is 1. The van der Waals surface area contributed by atoms with E-state index in [0.29, 0.717) is 34.9 Å². The van der Waals surface area contributed by atoms with Gasteiger partial charge < -0.3 is 20.1 Å². The fourth-order valence-electron chi connectivity index (χ4n) is 4.96. The van der Waals surface area contributed by atoms with Gasteiger partial charge in [-0.15, -0.1) is 0 Å². The molecule has 0 radical (unpaired) electrons. The molecule has 5 rings (SSSR count). The van der Waals surface area contributed by atoms with E-state index in [0.717, 1.165) is 60.9 Å². The summed E-state index contributed by atoms with van der Waals surface area (Å²) in [6.45, 7) is 4.12. The summed E-state index contributed by atoms with van der Waals surface area (Å²) in [7, 11) is 1.64. The predicted molar refractivity (Wildman–Crippen MR) is 137 cm³/mol. The maximum absolute atomic E-state index is 11.8. The van der Waals surface area contributed by atoms with Crippen LogP contribution in [0, 0.1) is 6.92 Å². The first kappa shape index (κ1) is 23.6. The Labute approximate surface area is 210 Å². The molecule has 9 heteroatoms. The van der Waals surface area contributed by atoms with E-state index >= 15 is 0 Å². The lowest BCUT2D eigenvalue weighted by Crippen LogP contribution is -2.52. The minimum atomic E-state index is 0.0902. The number of halogens is 1. The molecular weight excluding hydrogens is 466 g/mol. The lowest BCUT2D eigenvalue weighted by Gasteiger charge is -2.38. The summed E-state index contributed by atoms with van der Waals surface area (Å²) in [5.41, 5.74) is 2.60. The van der Waals surface area contributed by atoms with Gasteiger partial charge in [-0.3, -0.25) is 9.69 Å². The standard InChI is InChI=1S/C26H30ClN5O3/c1-16-20(27)4-3-5-21(16)31-26-19-12-24(23(34-2)13-22(19)29-15-30-26)35-18-8-6-17(7-9-18)32-11-10-28-25(33)14-32/h3-5,12-13,15,17-18H,6-11,14H2,1-2H3,(H,28,33)(H,29,30,31)/t17-,18+. The Hall–Kier alpha value is -3.10. The van der Waals surface area contributed by atoms with Gasteiger partial charge in [-0.1, -0.05) is 17.7 Å². The molecule has 2 aliphatic rings. The van der Waals surface area contributed by atoms with Crippen LogP contribution in [-0.2, 0) is 4.79 Å². The number of carbonyl (C=O) groups is 1. The normalized spacial score (nSPS) is 20.9. The number of methoxy groups -OCH3 is 1. The zero-order valence-electron chi connectivity index (χ0n) is 20.0. The SMILES string of the molecule is COc1cc2ncnc(Nc3cccc(Cl)c3C)c2cc1O[C@H]1CC[C@@H](N2CCNC(=O)C2)CC1. The fraction of sp³-hybridized carbons (Fsp3) is 0.423. The van der Waals surface area contributed by atoms with Gasteiger partial charge in [0.25, 0.3) is 0 Å². The Morgan fingerprint density at radius 2 is 1.97 bits per heavy atom. The molecule has 0 unspecified atom stereocenters. The predicted octanol–water partition coefficient (Wildman–Crippen LogP) is 4.47. The molecule has 1 aromatic heterocycles. The van der Waals surface area contributed by atoms with Crippen LogP contribution in [0.4, 0.5) is 11.5 Å². The number of aromatic nitrogens is 2. The minimum Gasteiger partial charge on any atom is -0.493 e. The summed E-state index contributed by atoms with van der Waals surface area (Å²) in [6.07, 6.45) is 5.51. The van der Waals surface area contributed by atoms with Gasteiger partial charge in [0.15, 0.2) is 11.5 Å². The quantitative estimate of drug-likeness (QED) is 0.521. The number of amides is 1. The molecule has 2 heterocycles. The van der Waals surface area contributed by atoms with E-state index < -0.39 is 0 Å². The highest BCUT2D eigenvalue weighted by atomic mass is 35.5. The first-order valence-electron chi connectivity index (χ1n) is 12.0. The number of ether oxygens (including phenoxy) is 2. The number of carbonyl (C=O) groups excluding carboxylic acids is 1. The van der Waals surface area contributed by atoms with Crippen molar-refractivity contribution in [1.82, 2.24) is 20.2 Å². The van der Waals surface area contributed by atoms with Crippen molar-refractivity contribution < 1.29 is 14.3 Å². The zero-order chi connectivity index (χ0) is 24.4. The van der Waals surface area contributed by atoms with Gasteiger partial charge in [-0.2, -0.15) is 0 Å². The summed E-state index contributed by atoms with van der Waals surface area (Å²) in [5.74, 6) is 2.13. The molecule has 1 aliphatic heterocycles. The maximum atomic E-state index is 11.8. The lowest BCUT2D eigenvalue weighted by atomic mass is 9.91. The molecule has 8 nitrogen and oxygen atoms in total. The second-order valence-corrected chi connectivity index (χ2v) is 9.56. The van der Waals surface area contributed by atoms with Gasteiger partial charge in [0.05, 0.1) is 25.3 Å². The highest BCUT2D eigenvalue weighted by Gasteiger charge is 2.30. The molecule has 1 amide bonds. The van der Waals surface area contributed by atoms with E-state index in [9.17, 15) is 4.79 Å². The van der Waals surface area contributed by atoms with Crippen molar-refractivity contribution in [2.75, 3.05) is 32.1 Å². The summed E-state index contributed by atoms with van der Waals surface area (Å²) in [6, 6.07) is 10.0. The number of rotatable bonds is 6. The van der Waals surface area contributed by atoms with Crippen molar-refractivity contribution in [3.05, 3.63) is 47.2 Å². The van der Waals surface area contributed by atoms with Crippen LogP contribution in [0.5, 0.6) is 11.5 Å². The van der Waals surface area contributed by atoms with E-state index in [1.54, 1.807) is 7.11 Å². The molecule has 0 spiro atoms. The van der Waals surface area contributed by atoms with Gasteiger partial charge >= 0.3 is 0 Å². The van der Waals surface area contributed by atoms with E-state index in [1.165, 1.54) is 6.33 Å². The van der Waals surface area contributed by atoms with Gasteiger partial charge in [0.1, 0.15) is 12.1 Å². The Kier molecular flexibility index (Phi) is 6.92. The number of benzene rings is 2. The van der Waals surface area contributed by atoms with E-state index in [-0.39, 0.29) is 12.0 Å². The molecule has 184 valence electrons. The Morgan fingerprint density at radius 1 is 1.14 bits per heavy atom. The average Bonchev–Trinajstić information content (AvgIpc) is 2.87. The van der Waals surface area contributed by atoms with Crippen molar-refractivity contribution in [1.29, 1.82) is 0 Å². The first-order valence-corrected chi connectivity index (χ1v) is 12.4. The molecule has 2 aromatic carbocycles. The third kappa shape index (κ3) is 5.13. The van der Waals surface area contributed by atoms with Gasteiger partial charge in [0.2, 0.25) is 5.91 Å². The molecule has 35 heavy (non-hydrogen) atoms. The second-order valence-electron chi connectivity index (χ2n) is 9.15. The number of hydrogen-bond donors (Lipinski definition) is 2. The molecule has 3 aromatic rings. The fourth-order valence-corrected chi connectivity index (χ4v) is 5.14. The number of hydrogen-bond acceptors (Lipinski definition) is 7. The average molecular weight is 496 g/mol. The molecule has 1 saturated carbocycles. The highest BCUT2D eigenvalue weighted by Crippen LogP contribution is 2.37. The van der Waals surface area contributed by atoms with Crippen LogP contribution in [0.2, 0.25) is 5.02 Å². The number of anilines is 2. The van der Waals surface area contributed by atoms with Crippen LogP contribution in [0.15, 0.2) is 36.7 Å². The van der Waals surface area contributed by atoms with Crippen LogP contribution in [0.1, 0.15) is 31.2 Å². The van der Waals surface area contributed by atoms with E-state index in [2.05, 4.69) is 25.5 Å². The van der Waals surface area contributed by atoms with Crippen molar-refractivity contribution >= 4 is 39.9 Å². The summed E-state index contributed by atoms with van der Waals surface area (Å²) < 4.78 is 12.1. The molecule has 2 N–H and O–H groups in total. The number of nitrogens with one attached hydrogen (secondary N) is 2. The number of nitrogens with zero attached hydrogens (tertiary/aromatic N) is 3. The Balaban J connectivity index is 1.35. The van der Waals surface area contributed by atoms with Crippen molar-refractivity contribution in [2.24, 2.45) is 0 Å². The van der Waals surface area contributed by atoms with Crippen LogP contribution in [0.3, 0.4) is 0 Å². The molecular formula is C26H30ClN5O3. The smallest absolute Gasteiger partial charge is 0.234 e. The summed E-state index contributed by atoms with van der Waals surface area (Å²) in [4.78, 5) is 23.0. The molecule has 2 fully saturated rings. The van der Waals surface area contributed by atoms with Crippen molar-refractivity contribution in [2.45, 2.75) is 44.8 Å². The van der Waals surface area contributed by atoms with Crippen molar-refractivity contribution in [3.63, 3.8) is 0 Å². The molecule has 1 aliphatic carbocycles. The van der Waals surface area contributed by atoms with E-state index in [4.69, 9.17) is 21.1 Å². The van der Waals surface area contributed by atoms with Crippen molar-refractivity contribution in [3.8, 4) is 11.5 Å². The van der Waals surface area contributed by atoms with E-state index in [1.807, 2.05) is 37.3 Å². The molecule has 0 bridgehead atoms. The van der Waals surface area contributed by atoms with Gasteiger partial charge in [-0.25, -0.2) is 9.97 Å². The summed E-state index contributed by atoms with van der Waals surface area (Å²) in [5, 5.41) is 7.84. The number of piperazine rings is 1. The first-order chi connectivity index (χ1) is 17.0. The topological polar surface area (TPSA) is 88.6 Å². The monoisotopic (exact) mass is 495 g/mol. The van der Waals surface area contributed by atoms with Crippen LogP contribution >= 0.6 is 11.6 Å². The van der Waals surface area contributed by atoms with Gasteiger partial charge in [-0.05, 0) is 56.4 Å². The second kappa shape index (κ2) is 10.3. The Morgan fingerprint density at radius 3 is 2.74 bits per heavy atom. The van der Waals surface area contributed by atoms with Crippen LogP contribution < -0.4 is 20.1 Å². The van der Waals surface area contributed by atoms with Gasteiger partial charge in [0, 0.05) is 41.3 Å². The lowest BCUT2D eigenvalue weighted by molar-refractivity contribution is -0.125. The molecule has 1 saturated heterocycles. The van der Waals surface area contributed by atoms with Crippen LogP contribution in [-0.4, -0.2) is 59.7 Å². The maximum Gasteiger partial charge on any atom is 0.234 e. The largest absolute Gasteiger partial charge is 0.493 e. The van der Waals surface area contributed by atoms with Crippen LogP contribution in [0.25, 0.3) is 10.9 Å². The molecule has 0 atom stereocenters. The Bertz CT molecular complexity index is 1230. The highest BCUT2D eigenvalue weighted by molar-refractivity contribution is 6.31. The summed E-state index contributed by atoms with van der Waals surface area (Å²) >= 11 is 6.31. The third-order valence-electron chi connectivity index (χ3n) is 6.96.